The Labute approximate surface area is 109 Å². The van der Waals surface area contributed by atoms with E-state index in [1.165, 1.54) is 6.92 Å². The maximum Gasteiger partial charge on any atom is 0.416 e. The average Bonchev–Trinajstić information content (AvgIpc) is 2.30. The van der Waals surface area contributed by atoms with E-state index in [9.17, 15) is 21.6 Å². The van der Waals surface area contributed by atoms with Crippen molar-refractivity contribution in [1.82, 2.24) is 0 Å². The minimum absolute atomic E-state index is 0.0150. The van der Waals surface area contributed by atoms with Crippen molar-refractivity contribution in [3.05, 3.63) is 23.8 Å². The number of halogens is 3. The van der Waals surface area contributed by atoms with Crippen molar-refractivity contribution in [2.45, 2.75) is 13.1 Å². The molecule has 0 aromatic heterocycles. The molecule has 0 bridgehead atoms. The summed E-state index contributed by atoms with van der Waals surface area (Å²) in [4.78, 5) is 0. The summed E-state index contributed by atoms with van der Waals surface area (Å²) in [7, 11) is -3.18. The van der Waals surface area contributed by atoms with Gasteiger partial charge in [0.2, 0.25) is 0 Å². The molecule has 0 saturated heterocycles. The second-order valence-electron chi connectivity index (χ2n) is 3.84. The number of anilines is 1. The van der Waals surface area contributed by atoms with Crippen molar-refractivity contribution in [3.8, 4) is 5.75 Å². The number of ether oxygens (including phenoxy) is 1. The third-order valence-corrected chi connectivity index (χ3v) is 4.10. The fourth-order valence-corrected chi connectivity index (χ4v) is 1.91. The summed E-state index contributed by atoms with van der Waals surface area (Å²) in [6, 6.07) is 2.67. The number of nitrogen functional groups attached to an aromatic ring is 1. The smallest absolute Gasteiger partial charge is 0.416 e. The normalized spacial score (nSPS) is 12.4. The van der Waals surface area contributed by atoms with Crippen LogP contribution in [0.4, 0.5) is 18.9 Å². The Morgan fingerprint density at radius 2 is 1.95 bits per heavy atom. The lowest BCUT2D eigenvalue weighted by molar-refractivity contribution is -0.137. The van der Waals surface area contributed by atoms with E-state index in [0.29, 0.717) is 0 Å². The Bertz CT molecular complexity index is 541. The SMILES string of the molecule is CCS(=O)(=O)CCOc1ccc(C(F)(F)F)cc1N. The number of benzene rings is 1. The van der Waals surface area contributed by atoms with E-state index in [0.717, 1.165) is 18.2 Å². The minimum atomic E-state index is -4.47. The molecular formula is C11H14F3NO3S. The number of rotatable bonds is 5. The van der Waals surface area contributed by atoms with Gasteiger partial charge in [0.15, 0.2) is 9.84 Å². The Hall–Kier alpha value is -1.44. The Morgan fingerprint density at radius 3 is 2.42 bits per heavy atom. The molecule has 0 aliphatic rings. The average molecular weight is 297 g/mol. The number of nitrogens with two attached hydrogens (primary N) is 1. The largest absolute Gasteiger partial charge is 0.490 e. The van der Waals surface area contributed by atoms with Crippen LogP contribution in [0.2, 0.25) is 0 Å². The minimum Gasteiger partial charge on any atom is -0.490 e. The zero-order chi connectivity index (χ0) is 14.7. The number of sulfone groups is 1. The molecule has 0 spiro atoms. The van der Waals surface area contributed by atoms with Crippen LogP contribution in [0.15, 0.2) is 18.2 Å². The summed E-state index contributed by atoms with van der Waals surface area (Å²) >= 11 is 0. The molecule has 1 aromatic carbocycles. The first kappa shape index (κ1) is 15.6. The van der Waals surface area contributed by atoms with Gasteiger partial charge in [-0.2, -0.15) is 13.2 Å². The van der Waals surface area contributed by atoms with Gasteiger partial charge < -0.3 is 10.5 Å². The van der Waals surface area contributed by atoms with Crippen molar-refractivity contribution in [3.63, 3.8) is 0 Å². The third-order valence-electron chi connectivity index (χ3n) is 2.43. The van der Waals surface area contributed by atoms with Crippen LogP contribution in [0.5, 0.6) is 5.75 Å². The Morgan fingerprint density at radius 1 is 1.32 bits per heavy atom. The van der Waals surface area contributed by atoms with Crippen LogP contribution >= 0.6 is 0 Å². The first-order valence-electron chi connectivity index (χ1n) is 5.45. The molecule has 0 saturated carbocycles. The van der Waals surface area contributed by atoms with Gasteiger partial charge in [0.1, 0.15) is 12.4 Å². The highest BCUT2D eigenvalue weighted by molar-refractivity contribution is 7.91. The van der Waals surface area contributed by atoms with Gasteiger partial charge in [-0.15, -0.1) is 0 Å². The molecular weight excluding hydrogens is 283 g/mol. The molecule has 4 nitrogen and oxygen atoms in total. The van der Waals surface area contributed by atoms with E-state index in [2.05, 4.69) is 0 Å². The fourth-order valence-electron chi connectivity index (χ4n) is 1.28. The van der Waals surface area contributed by atoms with Gasteiger partial charge in [0.05, 0.1) is 17.0 Å². The Kier molecular flexibility index (Phi) is 4.67. The number of hydrogen-bond donors (Lipinski definition) is 1. The van der Waals surface area contributed by atoms with Gasteiger partial charge in [0, 0.05) is 5.75 Å². The highest BCUT2D eigenvalue weighted by atomic mass is 32.2. The second kappa shape index (κ2) is 5.68. The van der Waals surface area contributed by atoms with E-state index in [1.54, 1.807) is 0 Å². The quantitative estimate of drug-likeness (QED) is 0.845. The third kappa shape index (κ3) is 4.62. The van der Waals surface area contributed by atoms with Crippen LogP contribution in [-0.4, -0.2) is 26.5 Å². The topological polar surface area (TPSA) is 69.4 Å². The number of alkyl halides is 3. The highest BCUT2D eigenvalue weighted by Gasteiger charge is 2.30. The van der Waals surface area contributed by atoms with Crippen LogP contribution in [0.3, 0.4) is 0 Å². The van der Waals surface area contributed by atoms with Crippen LogP contribution in [0, 0.1) is 0 Å². The van der Waals surface area contributed by atoms with E-state index in [-0.39, 0.29) is 29.5 Å². The molecule has 19 heavy (non-hydrogen) atoms. The van der Waals surface area contributed by atoms with Crippen LogP contribution in [0.1, 0.15) is 12.5 Å². The van der Waals surface area contributed by atoms with Gasteiger partial charge in [0.25, 0.3) is 0 Å². The van der Waals surface area contributed by atoms with Gasteiger partial charge in [-0.05, 0) is 18.2 Å². The summed E-state index contributed by atoms with van der Waals surface area (Å²) in [5, 5.41) is 0. The lowest BCUT2D eigenvalue weighted by Crippen LogP contribution is -2.16. The van der Waals surface area contributed by atoms with Gasteiger partial charge in [-0.3, -0.25) is 0 Å². The molecule has 108 valence electrons. The summed E-state index contributed by atoms with van der Waals surface area (Å²) < 4.78 is 64.6. The van der Waals surface area contributed by atoms with Crippen LogP contribution in [0.25, 0.3) is 0 Å². The molecule has 0 amide bonds. The summed E-state index contributed by atoms with van der Waals surface area (Å²) in [5.41, 5.74) is 4.37. The molecule has 1 aromatic rings. The van der Waals surface area contributed by atoms with E-state index in [4.69, 9.17) is 10.5 Å². The zero-order valence-electron chi connectivity index (χ0n) is 10.2. The van der Waals surface area contributed by atoms with Crippen LogP contribution in [-0.2, 0) is 16.0 Å². The maximum absolute atomic E-state index is 12.4. The lowest BCUT2D eigenvalue weighted by atomic mass is 10.2. The summed E-state index contributed by atoms with van der Waals surface area (Å²) in [5.74, 6) is -0.178. The van der Waals surface area contributed by atoms with Gasteiger partial charge in [-0.1, -0.05) is 6.92 Å². The van der Waals surface area contributed by atoms with Gasteiger partial charge >= 0.3 is 6.18 Å². The molecule has 1 rings (SSSR count). The zero-order valence-corrected chi connectivity index (χ0v) is 11.0. The second-order valence-corrected chi connectivity index (χ2v) is 6.31. The van der Waals surface area contributed by atoms with Crippen molar-refractivity contribution >= 4 is 15.5 Å². The predicted molar refractivity (Wildman–Crippen MR) is 65.7 cm³/mol. The van der Waals surface area contributed by atoms with Crippen molar-refractivity contribution < 1.29 is 26.3 Å². The van der Waals surface area contributed by atoms with Crippen molar-refractivity contribution in [1.29, 1.82) is 0 Å². The molecule has 0 atom stereocenters. The fraction of sp³-hybridized carbons (Fsp3) is 0.455. The highest BCUT2D eigenvalue weighted by Crippen LogP contribution is 2.33. The standard InChI is InChI=1S/C11H14F3NO3S/c1-2-19(16,17)6-5-18-10-4-3-8(7-9(10)15)11(12,13)14/h3-4,7H,2,5-6,15H2,1H3. The molecule has 2 N–H and O–H groups in total. The molecule has 0 unspecified atom stereocenters. The van der Waals surface area contributed by atoms with Crippen molar-refractivity contribution in [2.75, 3.05) is 23.8 Å². The first-order valence-corrected chi connectivity index (χ1v) is 7.28. The maximum atomic E-state index is 12.4. The monoisotopic (exact) mass is 297 g/mol. The van der Waals surface area contributed by atoms with Gasteiger partial charge in [-0.25, -0.2) is 8.42 Å². The molecule has 0 fully saturated rings. The Balaban J connectivity index is 2.71. The predicted octanol–water partition coefficient (Wildman–Crippen LogP) is 2.10. The lowest BCUT2D eigenvalue weighted by Gasteiger charge is -2.12. The van der Waals surface area contributed by atoms with E-state index in [1.807, 2.05) is 0 Å². The molecule has 0 heterocycles. The van der Waals surface area contributed by atoms with E-state index < -0.39 is 21.6 Å². The van der Waals surface area contributed by atoms with Crippen LogP contribution < -0.4 is 10.5 Å². The first-order chi connectivity index (χ1) is 8.65. The van der Waals surface area contributed by atoms with E-state index >= 15 is 0 Å². The molecule has 8 heteroatoms. The summed E-state index contributed by atoms with van der Waals surface area (Å²) in [6.45, 7) is 1.35. The summed E-state index contributed by atoms with van der Waals surface area (Å²) in [6.07, 6.45) is -4.47. The molecule has 0 aliphatic heterocycles. The molecule has 0 aliphatic carbocycles. The molecule has 0 radical (unpaired) electrons. The number of hydrogen-bond acceptors (Lipinski definition) is 4. The van der Waals surface area contributed by atoms with Crippen molar-refractivity contribution in [2.24, 2.45) is 0 Å².